The Kier molecular flexibility index (Phi) is 10.2. The zero-order valence-corrected chi connectivity index (χ0v) is 30.5. The van der Waals surface area contributed by atoms with Gasteiger partial charge in [-0.2, -0.15) is 0 Å². The van der Waals surface area contributed by atoms with E-state index in [0.29, 0.717) is 11.6 Å². The molecule has 0 saturated carbocycles. The standard InChI is InChI=1S/C38H52N6O4/c1-35(2,3)29(43-33(45)47-37(7,8)9)31-39-21-27(41-31)25-17-13-23(14-18-25)24-15-19-26(20-16-24)28-22-40-32(42-28)30(36(4,5)6)44-34(46)48-38(10,11)12/h13-22,29-30H,1-12H3,(H,39,41)(H,40,42)(H,43,45)(H,44,46)/t29-,30-/m1/s1. The lowest BCUT2D eigenvalue weighted by atomic mass is 9.86. The molecule has 0 fully saturated rings. The summed E-state index contributed by atoms with van der Waals surface area (Å²) in [5.74, 6) is 1.33. The number of alkyl carbamates (subject to hydrolysis) is 2. The molecule has 0 unspecified atom stereocenters. The van der Waals surface area contributed by atoms with Gasteiger partial charge in [0.1, 0.15) is 22.9 Å². The lowest BCUT2D eigenvalue weighted by Gasteiger charge is -2.31. The Bertz CT molecular complexity index is 1560. The Labute approximate surface area is 284 Å². The van der Waals surface area contributed by atoms with Gasteiger partial charge in [-0.3, -0.25) is 0 Å². The molecule has 4 rings (SSSR count). The van der Waals surface area contributed by atoms with Gasteiger partial charge < -0.3 is 30.1 Å². The van der Waals surface area contributed by atoms with Crippen molar-refractivity contribution < 1.29 is 19.1 Å². The summed E-state index contributed by atoms with van der Waals surface area (Å²) in [6, 6.07) is 15.7. The summed E-state index contributed by atoms with van der Waals surface area (Å²) in [6.45, 7) is 23.4. The van der Waals surface area contributed by atoms with Crippen molar-refractivity contribution in [2.75, 3.05) is 0 Å². The van der Waals surface area contributed by atoms with Crippen LogP contribution in [0.15, 0.2) is 60.9 Å². The van der Waals surface area contributed by atoms with Crippen molar-refractivity contribution in [1.29, 1.82) is 0 Å². The van der Waals surface area contributed by atoms with Gasteiger partial charge in [0.2, 0.25) is 0 Å². The SMILES string of the molecule is CC(C)(C)OC(=O)N[C@H](c1nc(-c2ccc(-c3ccc(-c4c[nH]c([C@@H](NC(=O)OC(C)(C)C)C(C)(C)C)n4)cc3)cc2)c[nH]1)C(C)(C)C. The molecule has 2 atom stereocenters. The summed E-state index contributed by atoms with van der Waals surface area (Å²) >= 11 is 0. The Morgan fingerprint density at radius 2 is 0.833 bits per heavy atom. The molecular formula is C38H52N6O4. The smallest absolute Gasteiger partial charge is 0.408 e. The summed E-state index contributed by atoms with van der Waals surface area (Å²) in [5.41, 5.74) is 3.84. The number of aromatic nitrogens is 4. The molecule has 2 amide bonds. The van der Waals surface area contributed by atoms with Crippen LogP contribution in [0.2, 0.25) is 0 Å². The number of carbonyl (C=O) groups is 2. The van der Waals surface area contributed by atoms with Crippen molar-refractivity contribution in [3.8, 4) is 33.6 Å². The highest BCUT2D eigenvalue weighted by atomic mass is 16.6. The van der Waals surface area contributed by atoms with E-state index in [0.717, 1.165) is 33.6 Å². The minimum Gasteiger partial charge on any atom is -0.444 e. The van der Waals surface area contributed by atoms with Crippen molar-refractivity contribution >= 4 is 12.2 Å². The van der Waals surface area contributed by atoms with E-state index >= 15 is 0 Å². The van der Waals surface area contributed by atoms with Gasteiger partial charge in [-0.05, 0) is 63.5 Å². The number of nitrogens with one attached hydrogen (secondary N) is 4. The van der Waals surface area contributed by atoms with E-state index in [1.165, 1.54) is 0 Å². The Morgan fingerprint density at radius 3 is 1.10 bits per heavy atom. The zero-order valence-electron chi connectivity index (χ0n) is 30.5. The largest absolute Gasteiger partial charge is 0.444 e. The quantitative estimate of drug-likeness (QED) is 0.157. The van der Waals surface area contributed by atoms with Crippen molar-refractivity contribution in [3.63, 3.8) is 0 Å². The van der Waals surface area contributed by atoms with Crippen molar-refractivity contribution in [1.82, 2.24) is 30.6 Å². The number of hydrogen-bond donors (Lipinski definition) is 4. The monoisotopic (exact) mass is 656 g/mol. The third kappa shape index (κ3) is 9.71. The minimum atomic E-state index is -0.594. The predicted molar refractivity (Wildman–Crippen MR) is 190 cm³/mol. The molecule has 0 saturated heterocycles. The van der Waals surface area contributed by atoms with E-state index in [1.807, 2.05) is 78.2 Å². The molecule has 10 heteroatoms. The Hall–Kier alpha value is -4.60. The molecule has 0 spiro atoms. The molecule has 0 aliphatic rings. The molecule has 0 aliphatic heterocycles. The van der Waals surface area contributed by atoms with Crippen LogP contribution in [-0.4, -0.2) is 43.3 Å². The fraction of sp³-hybridized carbons (Fsp3) is 0.474. The molecule has 2 aromatic heterocycles. The fourth-order valence-electron chi connectivity index (χ4n) is 5.17. The number of imidazole rings is 2. The number of amides is 2. The second-order valence-electron chi connectivity index (χ2n) is 16.4. The van der Waals surface area contributed by atoms with E-state index in [2.05, 4.69) is 86.4 Å². The molecule has 4 N–H and O–H groups in total. The zero-order chi connectivity index (χ0) is 35.7. The molecular weight excluding hydrogens is 604 g/mol. The molecule has 258 valence electrons. The summed E-state index contributed by atoms with van der Waals surface area (Å²) in [5, 5.41) is 5.97. The first-order valence-corrected chi connectivity index (χ1v) is 16.4. The van der Waals surface area contributed by atoms with Crippen molar-refractivity contribution in [2.24, 2.45) is 10.8 Å². The van der Waals surface area contributed by atoms with Crippen LogP contribution in [0.5, 0.6) is 0 Å². The molecule has 48 heavy (non-hydrogen) atoms. The maximum Gasteiger partial charge on any atom is 0.408 e. The van der Waals surface area contributed by atoms with Gasteiger partial charge in [-0.25, -0.2) is 19.6 Å². The number of hydrogen-bond acceptors (Lipinski definition) is 6. The van der Waals surface area contributed by atoms with Crippen LogP contribution in [0.4, 0.5) is 9.59 Å². The van der Waals surface area contributed by atoms with Crippen LogP contribution in [0.3, 0.4) is 0 Å². The van der Waals surface area contributed by atoms with Gasteiger partial charge in [0, 0.05) is 23.5 Å². The number of H-pyrrole nitrogens is 2. The first-order valence-electron chi connectivity index (χ1n) is 16.4. The van der Waals surface area contributed by atoms with Gasteiger partial charge in [0.15, 0.2) is 0 Å². The predicted octanol–water partition coefficient (Wildman–Crippen LogP) is 9.36. The van der Waals surface area contributed by atoms with E-state index < -0.39 is 23.4 Å². The topological polar surface area (TPSA) is 134 Å². The van der Waals surface area contributed by atoms with Gasteiger partial charge in [0.25, 0.3) is 0 Å². The first-order chi connectivity index (χ1) is 22.1. The number of rotatable bonds is 7. The van der Waals surface area contributed by atoms with Crippen molar-refractivity contribution in [3.05, 3.63) is 72.6 Å². The maximum absolute atomic E-state index is 12.6. The fourth-order valence-corrected chi connectivity index (χ4v) is 5.17. The molecule has 4 aromatic rings. The van der Waals surface area contributed by atoms with Gasteiger partial charge >= 0.3 is 12.2 Å². The van der Waals surface area contributed by atoms with Crippen LogP contribution < -0.4 is 10.6 Å². The van der Waals surface area contributed by atoms with Crippen LogP contribution in [0, 0.1) is 10.8 Å². The molecule has 0 bridgehead atoms. The van der Waals surface area contributed by atoms with Gasteiger partial charge in [0.05, 0.1) is 23.5 Å². The molecule has 2 aromatic carbocycles. The molecule has 10 nitrogen and oxygen atoms in total. The van der Waals surface area contributed by atoms with Crippen LogP contribution in [0.25, 0.3) is 33.6 Å². The first kappa shape index (κ1) is 36.2. The molecule has 2 heterocycles. The minimum absolute atomic E-state index is 0.301. The lowest BCUT2D eigenvalue weighted by molar-refractivity contribution is 0.0448. The van der Waals surface area contributed by atoms with Gasteiger partial charge in [-0.1, -0.05) is 90.1 Å². The summed E-state index contributed by atoms with van der Waals surface area (Å²) in [6.07, 6.45) is 2.76. The normalized spacial score (nSPS) is 13.8. The number of benzene rings is 2. The molecule has 0 radical (unpaired) electrons. The van der Waals surface area contributed by atoms with Crippen LogP contribution in [-0.2, 0) is 9.47 Å². The Balaban J connectivity index is 1.47. The molecule has 0 aliphatic carbocycles. The van der Waals surface area contributed by atoms with E-state index in [9.17, 15) is 9.59 Å². The summed E-state index contributed by atoms with van der Waals surface area (Å²) in [7, 11) is 0. The van der Waals surface area contributed by atoms with Crippen LogP contribution in [0.1, 0.15) is 107 Å². The average molecular weight is 657 g/mol. The number of nitrogens with zero attached hydrogens (tertiary/aromatic N) is 2. The third-order valence-electron chi connectivity index (χ3n) is 7.49. The second-order valence-corrected chi connectivity index (χ2v) is 16.4. The van der Waals surface area contributed by atoms with E-state index in [4.69, 9.17) is 19.4 Å². The summed E-state index contributed by atoms with van der Waals surface area (Å²) < 4.78 is 11.0. The van der Waals surface area contributed by atoms with Crippen molar-refractivity contribution in [2.45, 2.75) is 106 Å². The number of aromatic amines is 2. The van der Waals surface area contributed by atoms with E-state index in [-0.39, 0.29) is 22.9 Å². The Morgan fingerprint density at radius 1 is 0.542 bits per heavy atom. The van der Waals surface area contributed by atoms with E-state index in [1.54, 1.807) is 0 Å². The van der Waals surface area contributed by atoms with Gasteiger partial charge in [-0.15, -0.1) is 0 Å². The number of ether oxygens (including phenoxy) is 2. The third-order valence-corrected chi connectivity index (χ3v) is 7.49. The summed E-state index contributed by atoms with van der Waals surface area (Å²) in [4.78, 5) is 41.4. The lowest BCUT2D eigenvalue weighted by Crippen LogP contribution is -2.40. The number of carbonyl (C=O) groups excluding carboxylic acids is 2. The van der Waals surface area contributed by atoms with Crippen LogP contribution >= 0.6 is 0 Å². The highest BCUT2D eigenvalue weighted by Crippen LogP contribution is 2.35. The second kappa shape index (κ2) is 13.5. The average Bonchev–Trinajstić information content (AvgIpc) is 3.62. The highest BCUT2D eigenvalue weighted by molar-refractivity contribution is 5.72. The maximum atomic E-state index is 12.6. The highest BCUT2D eigenvalue weighted by Gasteiger charge is 2.33.